The van der Waals surface area contributed by atoms with Crippen LogP contribution in [0.2, 0.25) is 5.02 Å². The van der Waals surface area contributed by atoms with E-state index in [4.69, 9.17) is 11.6 Å². The third-order valence-corrected chi connectivity index (χ3v) is 10.6. The fourth-order valence-corrected chi connectivity index (χ4v) is 8.08. The van der Waals surface area contributed by atoms with E-state index < -0.39 is 5.54 Å². The standard InChI is InChI=1S/C33H43ClN4O2/c1-24-7-5-12-29(19-24)38-23-35-31(40)33(38)14-17-37(18-15-33)16-13-27-21-32(27,26-10-6-11-28(34)20-26)22-36(2)30(39)25-8-3-4-9-25/h5-7,10-12,19-20,25,27H,3-4,8-9,13-18,21-23H2,1-2H3,(H,35,40)/t27-,32-/m1/s1. The molecule has 0 unspecified atom stereocenters. The first-order valence-electron chi connectivity index (χ1n) is 15.2. The molecule has 2 aromatic rings. The molecule has 4 fully saturated rings. The Hall–Kier alpha value is -2.57. The van der Waals surface area contributed by atoms with Crippen molar-refractivity contribution in [1.29, 1.82) is 0 Å². The second-order valence-electron chi connectivity index (χ2n) is 12.8. The molecule has 0 radical (unpaired) electrons. The van der Waals surface area contributed by atoms with Crippen molar-refractivity contribution >= 4 is 29.1 Å². The molecule has 2 saturated carbocycles. The molecule has 1 N–H and O–H groups in total. The molecular formula is C33H43ClN4O2. The molecule has 4 aliphatic rings. The molecule has 1 spiro atoms. The number of benzene rings is 2. The first-order valence-corrected chi connectivity index (χ1v) is 15.5. The second kappa shape index (κ2) is 11.0. The van der Waals surface area contributed by atoms with Gasteiger partial charge >= 0.3 is 0 Å². The van der Waals surface area contributed by atoms with Gasteiger partial charge in [0.05, 0.1) is 6.67 Å². The highest BCUT2D eigenvalue weighted by atomic mass is 35.5. The van der Waals surface area contributed by atoms with E-state index in [1.807, 2.05) is 24.1 Å². The van der Waals surface area contributed by atoms with Crippen molar-refractivity contribution in [2.24, 2.45) is 11.8 Å². The highest BCUT2D eigenvalue weighted by Crippen LogP contribution is 2.57. The average Bonchev–Trinajstić information content (AvgIpc) is 3.24. The maximum atomic E-state index is 13.2. The van der Waals surface area contributed by atoms with Crippen molar-refractivity contribution in [3.05, 3.63) is 64.7 Å². The monoisotopic (exact) mass is 562 g/mol. The van der Waals surface area contributed by atoms with E-state index in [1.165, 1.54) is 24.0 Å². The predicted molar refractivity (Wildman–Crippen MR) is 161 cm³/mol. The van der Waals surface area contributed by atoms with Crippen molar-refractivity contribution in [1.82, 2.24) is 15.1 Å². The zero-order valence-corrected chi connectivity index (χ0v) is 24.8. The van der Waals surface area contributed by atoms with Crippen LogP contribution in [0.3, 0.4) is 0 Å². The molecule has 40 heavy (non-hydrogen) atoms. The number of nitrogens with one attached hydrogen (secondary N) is 1. The zero-order chi connectivity index (χ0) is 27.9. The predicted octanol–water partition coefficient (Wildman–Crippen LogP) is 5.37. The lowest BCUT2D eigenvalue weighted by molar-refractivity contribution is -0.134. The first-order chi connectivity index (χ1) is 19.3. The highest BCUT2D eigenvalue weighted by molar-refractivity contribution is 6.30. The van der Waals surface area contributed by atoms with Gasteiger partial charge in [0.1, 0.15) is 5.54 Å². The molecule has 2 amide bonds. The van der Waals surface area contributed by atoms with E-state index in [1.54, 1.807) is 0 Å². The number of likely N-dealkylation sites (N-methyl/N-ethyl adjacent to an activating group) is 1. The fourth-order valence-electron chi connectivity index (χ4n) is 7.89. The van der Waals surface area contributed by atoms with Gasteiger partial charge < -0.3 is 20.0 Å². The first kappa shape index (κ1) is 27.6. The summed E-state index contributed by atoms with van der Waals surface area (Å²) in [5, 5.41) is 3.89. The Kier molecular flexibility index (Phi) is 7.60. The number of hydrogen-bond donors (Lipinski definition) is 1. The number of carbonyl (C=O) groups excluding carboxylic acids is 2. The van der Waals surface area contributed by atoms with Gasteiger partial charge in [0.15, 0.2) is 0 Å². The van der Waals surface area contributed by atoms with Gasteiger partial charge in [0.25, 0.3) is 0 Å². The van der Waals surface area contributed by atoms with Gasteiger partial charge in [-0.05, 0) is 93.3 Å². The van der Waals surface area contributed by atoms with E-state index in [-0.39, 0.29) is 17.2 Å². The van der Waals surface area contributed by atoms with Crippen LogP contribution < -0.4 is 10.2 Å². The molecule has 2 aliphatic heterocycles. The third kappa shape index (κ3) is 5.14. The maximum Gasteiger partial charge on any atom is 0.247 e. The minimum Gasteiger partial charge on any atom is -0.345 e. The van der Waals surface area contributed by atoms with E-state index >= 15 is 0 Å². The molecule has 2 heterocycles. The van der Waals surface area contributed by atoms with Gasteiger partial charge in [0, 0.05) is 48.7 Å². The summed E-state index contributed by atoms with van der Waals surface area (Å²) in [4.78, 5) is 33.2. The van der Waals surface area contributed by atoms with Gasteiger partial charge in [0.2, 0.25) is 11.8 Å². The molecule has 2 saturated heterocycles. The van der Waals surface area contributed by atoms with E-state index in [0.29, 0.717) is 18.5 Å². The summed E-state index contributed by atoms with van der Waals surface area (Å²) in [5.41, 5.74) is 3.15. The maximum absolute atomic E-state index is 13.2. The van der Waals surface area contributed by atoms with Gasteiger partial charge in [-0.1, -0.05) is 48.7 Å². The Balaban J connectivity index is 1.10. The lowest BCUT2D eigenvalue weighted by atomic mass is 9.85. The van der Waals surface area contributed by atoms with Crippen LogP contribution >= 0.6 is 11.6 Å². The Morgan fingerprint density at radius 2 is 1.85 bits per heavy atom. The molecule has 0 aromatic heterocycles. The Labute approximate surface area is 244 Å². The Morgan fingerprint density at radius 1 is 1.10 bits per heavy atom. The minimum atomic E-state index is -0.447. The smallest absolute Gasteiger partial charge is 0.247 e. The molecule has 2 atom stereocenters. The second-order valence-corrected chi connectivity index (χ2v) is 13.3. The number of likely N-dealkylation sites (tertiary alicyclic amines) is 1. The zero-order valence-electron chi connectivity index (χ0n) is 24.0. The van der Waals surface area contributed by atoms with Crippen LogP contribution in [-0.4, -0.2) is 67.0 Å². The van der Waals surface area contributed by atoms with Crippen LogP contribution in [0.25, 0.3) is 0 Å². The number of carbonyl (C=O) groups is 2. The summed E-state index contributed by atoms with van der Waals surface area (Å²) in [6.45, 7) is 6.32. The van der Waals surface area contributed by atoms with Crippen LogP contribution in [0.5, 0.6) is 0 Å². The Bertz CT molecular complexity index is 1250. The van der Waals surface area contributed by atoms with Crippen molar-refractivity contribution < 1.29 is 9.59 Å². The SMILES string of the molecule is Cc1cccc(N2CNC(=O)C23CCN(CC[C@@H]2C[C@@]2(CN(C)C(=O)C2CCCC2)c2cccc(Cl)c2)CC3)c1. The minimum absolute atomic E-state index is 0.0156. The van der Waals surface area contributed by atoms with E-state index in [9.17, 15) is 9.59 Å². The fraction of sp³-hybridized carbons (Fsp3) is 0.576. The van der Waals surface area contributed by atoms with Crippen LogP contribution in [-0.2, 0) is 15.0 Å². The van der Waals surface area contributed by atoms with Crippen molar-refractivity contribution in [2.75, 3.05) is 44.8 Å². The van der Waals surface area contributed by atoms with E-state index in [0.717, 1.165) is 75.4 Å². The largest absolute Gasteiger partial charge is 0.345 e. The summed E-state index contributed by atoms with van der Waals surface area (Å²) in [6.07, 6.45) is 8.29. The van der Waals surface area contributed by atoms with Gasteiger partial charge in [-0.15, -0.1) is 0 Å². The average molecular weight is 563 g/mol. The molecule has 6 rings (SSSR count). The third-order valence-electron chi connectivity index (χ3n) is 10.4. The summed E-state index contributed by atoms with van der Waals surface area (Å²) in [5.74, 6) is 1.22. The molecule has 7 heteroatoms. The Morgan fingerprint density at radius 3 is 2.58 bits per heavy atom. The number of aryl methyl sites for hydroxylation is 1. The molecule has 2 aromatic carbocycles. The van der Waals surface area contributed by atoms with Crippen molar-refractivity contribution in [3.63, 3.8) is 0 Å². The molecule has 214 valence electrons. The molecular weight excluding hydrogens is 520 g/mol. The summed E-state index contributed by atoms with van der Waals surface area (Å²) < 4.78 is 0. The van der Waals surface area contributed by atoms with E-state index in [2.05, 4.69) is 58.4 Å². The van der Waals surface area contributed by atoms with Crippen LogP contribution in [0.15, 0.2) is 48.5 Å². The van der Waals surface area contributed by atoms with Crippen LogP contribution in [0.4, 0.5) is 5.69 Å². The lowest BCUT2D eigenvalue weighted by Crippen LogP contribution is -2.56. The number of halogens is 1. The molecule has 2 aliphatic carbocycles. The van der Waals surface area contributed by atoms with Gasteiger partial charge in [-0.3, -0.25) is 9.59 Å². The topological polar surface area (TPSA) is 55.9 Å². The van der Waals surface area contributed by atoms with Crippen LogP contribution in [0, 0.1) is 18.8 Å². The number of hydrogen-bond acceptors (Lipinski definition) is 4. The normalized spacial score (nSPS) is 26.3. The summed E-state index contributed by atoms with van der Waals surface area (Å²) in [7, 11) is 2.00. The summed E-state index contributed by atoms with van der Waals surface area (Å²) >= 11 is 6.44. The van der Waals surface area contributed by atoms with Crippen molar-refractivity contribution in [2.45, 2.75) is 69.2 Å². The van der Waals surface area contributed by atoms with Gasteiger partial charge in [-0.25, -0.2) is 0 Å². The number of rotatable bonds is 8. The lowest BCUT2D eigenvalue weighted by Gasteiger charge is -2.43. The van der Waals surface area contributed by atoms with Gasteiger partial charge in [-0.2, -0.15) is 0 Å². The number of anilines is 1. The molecule has 6 nitrogen and oxygen atoms in total. The summed E-state index contributed by atoms with van der Waals surface area (Å²) in [6, 6.07) is 16.8. The number of amides is 2. The van der Waals surface area contributed by atoms with Crippen LogP contribution in [0.1, 0.15) is 62.5 Å². The number of nitrogens with zero attached hydrogens (tertiary/aromatic N) is 3. The molecule has 0 bridgehead atoms. The highest BCUT2D eigenvalue weighted by Gasteiger charge is 2.56. The van der Waals surface area contributed by atoms with Crippen molar-refractivity contribution in [3.8, 4) is 0 Å². The quantitative estimate of drug-likeness (QED) is 0.470. The number of piperidine rings is 1.